The number of nitrogens with zero attached hydrogens (tertiary/aromatic N) is 1. The maximum Gasteiger partial charge on any atom is 0.310 e. The molecule has 19 heavy (non-hydrogen) atoms. The quantitative estimate of drug-likeness (QED) is 0.892. The van der Waals surface area contributed by atoms with Gasteiger partial charge in [-0.3, -0.25) is 9.69 Å². The minimum Gasteiger partial charge on any atom is -0.481 e. The Labute approximate surface area is 123 Å². The molecule has 5 heteroatoms. The third kappa shape index (κ3) is 2.96. The van der Waals surface area contributed by atoms with Crippen molar-refractivity contribution in [3.05, 3.63) is 21.3 Å². The molecule has 0 amide bonds. The van der Waals surface area contributed by atoms with Crippen LogP contribution >= 0.6 is 22.9 Å². The molecule has 2 rings (SSSR count). The zero-order valence-corrected chi connectivity index (χ0v) is 12.9. The van der Waals surface area contributed by atoms with E-state index in [1.807, 2.05) is 12.1 Å². The largest absolute Gasteiger partial charge is 0.481 e. The number of carbonyl (C=O) groups is 1. The smallest absolute Gasteiger partial charge is 0.310 e. The van der Waals surface area contributed by atoms with Gasteiger partial charge in [-0.2, -0.15) is 0 Å². The molecule has 1 aromatic rings. The summed E-state index contributed by atoms with van der Waals surface area (Å²) in [5.41, 5.74) is -0.552. The van der Waals surface area contributed by atoms with E-state index in [2.05, 4.69) is 18.7 Å². The summed E-state index contributed by atoms with van der Waals surface area (Å²) in [6.45, 7) is 5.68. The van der Waals surface area contributed by atoms with Crippen molar-refractivity contribution in [2.24, 2.45) is 5.41 Å². The first kappa shape index (κ1) is 14.8. The van der Waals surface area contributed by atoms with Gasteiger partial charge in [-0.25, -0.2) is 0 Å². The van der Waals surface area contributed by atoms with Crippen molar-refractivity contribution in [3.8, 4) is 0 Å². The van der Waals surface area contributed by atoms with Gasteiger partial charge in [0.1, 0.15) is 0 Å². The van der Waals surface area contributed by atoms with Crippen LogP contribution in [0.15, 0.2) is 12.1 Å². The number of likely N-dealkylation sites (tertiary alicyclic amines) is 1. The lowest BCUT2D eigenvalue weighted by molar-refractivity contribution is -0.148. The number of halogens is 1. The van der Waals surface area contributed by atoms with Gasteiger partial charge in [-0.1, -0.05) is 24.9 Å². The molecule has 1 N–H and O–H groups in total. The number of hydrogen-bond donors (Lipinski definition) is 1. The molecule has 2 atom stereocenters. The first-order valence-corrected chi connectivity index (χ1v) is 7.90. The fraction of sp³-hybridized carbons (Fsp3) is 0.643. The Kier molecular flexibility index (Phi) is 4.54. The Hall–Kier alpha value is -0.580. The molecule has 106 valence electrons. The van der Waals surface area contributed by atoms with Crippen LogP contribution in [0.5, 0.6) is 0 Å². The van der Waals surface area contributed by atoms with Crippen molar-refractivity contribution in [2.75, 3.05) is 13.1 Å². The van der Waals surface area contributed by atoms with E-state index in [0.29, 0.717) is 6.54 Å². The summed E-state index contributed by atoms with van der Waals surface area (Å²) in [5, 5.41) is 9.52. The number of carboxylic acids is 1. The average Bonchev–Trinajstić information content (AvgIpc) is 2.96. The van der Waals surface area contributed by atoms with E-state index < -0.39 is 11.4 Å². The van der Waals surface area contributed by atoms with E-state index in [1.165, 1.54) is 4.88 Å². The maximum atomic E-state index is 11.6. The Bertz CT molecular complexity index is 462. The van der Waals surface area contributed by atoms with Crippen molar-refractivity contribution in [3.63, 3.8) is 0 Å². The monoisotopic (exact) mass is 301 g/mol. The molecular weight excluding hydrogens is 282 g/mol. The number of thiophene rings is 1. The molecule has 1 fully saturated rings. The zero-order valence-electron chi connectivity index (χ0n) is 11.4. The molecule has 1 aromatic heterocycles. The fourth-order valence-corrected chi connectivity index (χ4v) is 4.08. The minimum absolute atomic E-state index is 0.246. The predicted molar refractivity (Wildman–Crippen MR) is 78.9 cm³/mol. The van der Waals surface area contributed by atoms with E-state index in [1.54, 1.807) is 11.3 Å². The Morgan fingerprint density at radius 2 is 2.37 bits per heavy atom. The van der Waals surface area contributed by atoms with Crippen molar-refractivity contribution < 1.29 is 9.90 Å². The van der Waals surface area contributed by atoms with Crippen molar-refractivity contribution >= 4 is 28.9 Å². The summed E-state index contributed by atoms with van der Waals surface area (Å²) in [7, 11) is 0. The van der Waals surface area contributed by atoms with Gasteiger partial charge in [-0.05, 0) is 38.4 Å². The molecule has 2 unspecified atom stereocenters. The number of carboxylic acid groups (broad SMARTS) is 1. The Morgan fingerprint density at radius 1 is 1.63 bits per heavy atom. The van der Waals surface area contributed by atoms with E-state index in [9.17, 15) is 9.90 Å². The summed E-state index contributed by atoms with van der Waals surface area (Å²) in [4.78, 5) is 15.1. The highest BCUT2D eigenvalue weighted by molar-refractivity contribution is 7.16. The van der Waals surface area contributed by atoms with Crippen LogP contribution in [0.4, 0.5) is 0 Å². The topological polar surface area (TPSA) is 40.5 Å². The summed E-state index contributed by atoms with van der Waals surface area (Å²) in [6, 6.07) is 4.19. The summed E-state index contributed by atoms with van der Waals surface area (Å²) in [5.74, 6) is -0.645. The average molecular weight is 302 g/mol. The van der Waals surface area contributed by atoms with E-state index in [0.717, 1.165) is 30.1 Å². The molecule has 1 saturated heterocycles. The molecule has 2 heterocycles. The van der Waals surface area contributed by atoms with Crippen LogP contribution in [0.3, 0.4) is 0 Å². The number of hydrogen-bond acceptors (Lipinski definition) is 3. The molecule has 0 radical (unpaired) electrons. The van der Waals surface area contributed by atoms with Crippen LogP contribution in [0.1, 0.15) is 44.0 Å². The van der Waals surface area contributed by atoms with Crippen LogP contribution in [-0.2, 0) is 4.79 Å². The molecule has 1 aliphatic rings. The lowest BCUT2D eigenvalue weighted by Gasteiger charge is -2.27. The highest BCUT2D eigenvalue weighted by atomic mass is 35.5. The Balaban J connectivity index is 2.10. The number of aliphatic carboxylic acids is 1. The molecule has 0 saturated carbocycles. The number of rotatable bonds is 5. The zero-order chi connectivity index (χ0) is 14.0. The lowest BCUT2D eigenvalue weighted by Crippen LogP contribution is -2.35. The van der Waals surface area contributed by atoms with Gasteiger partial charge in [0.2, 0.25) is 0 Å². The van der Waals surface area contributed by atoms with Crippen molar-refractivity contribution in [1.29, 1.82) is 0 Å². The first-order valence-electron chi connectivity index (χ1n) is 6.71. The molecule has 1 aliphatic heterocycles. The third-order valence-corrected chi connectivity index (χ3v) is 5.52. The molecule has 0 bridgehead atoms. The van der Waals surface area contributed by atoms with Crippen LogP contribution in [-0.4, -0.2) is 29.1 Å². The van der Waals surface area contributed by atoms with Crippen molar-refractivity contribution in [2.45, 2.75) is 39.2 Å². The Morgan fingerprint density at radius 3 is 2.89 bits per heavy atom. The van der Waals surface area contributed by atoms with Gasteiger partial charge < -0.3 is 5.11 Å². The van der Waals surface area contributed by atoms with Crippen LogP contribution < -0.4 is 0 Å². The van der Waals surface area contributed by atoms with Gasteiger partial charge >= 0.3 is 5.97 Å². The van der Waals surface area contributed by atoms with Gasteiger partial charge in [0.15, 0.2) is 0 Å². The molecule has 3 nitrogen and oxygen atoms in total. The third-order valence-electron chi connectivity index (χ3n) is 4.12. The van der Waals surface area contributed by atoms with Crippen LogP contribution in [0, 0.1) is 5.41 Å². The van der Waals surface area contributed by atoms with Gasteiger partial charge in [0.05, 0.1) is 9.75 Å². The summed E-state index contributed by atoms with van der Waals surface area (Å²) in [6.07, 6.45) is 2.43. The SMILES string of the molecule is CCCC1(C(=O)O)CCN(C(C)c2ccc(Cl)s2)C1. The van der Waals surface area contributed by atoms with E-state index in [-0.39, 0.29) is 6.04 Å². The highest BCUT2D eigenvalue weighted by Crippen LogP contribution is 2.40. The second kappa shape index (κ2) is 5.81. The lowest BCUT2D eigenvalue weighted by atomic mass is 9.83. The first-order chi connectivity index (χ1) is 8.98. The predicted octanol–water partition coefficient (Wildman–Crippen LogP) is 4.04. The summed E-state index contributed by atoms with van der Waals surface area (Å²) < 4.78 is 0.791. The molecule has 0 spiro atoms. The normalized spacial score (nSPS) is 25.6. The second-order valence-electron chi connectivity index (χ2n) is 5.37. The second-order valence-corrected chi connectivity index (χ2v) is 7.12. The van der Waals surface area contributed by atoms with Crippen LogP contribution in [0.2, 0.25) is 4.34 Å². The summed E-state index contributed by atoms with van der Waals surface area (Å²) >= 11 is 7.55. The van der Waals surface area contributed by atoms with Crippen molar-refractivity contribution in [1.82, 2.24) is 4.90 Å². The maximum absolute atomic E-state index is 11.6. The molecule has 0 aliphatic carbocycles. The van der Waals surface area contributed by atoms with Crippen LogP contribution in [0.25, 0.3) is 0 Å². The van der Waals surface area contributed by atoms with Gasteiger partial charge in [-0.15, -0.1) is 11.3 Å². The standard InChI is InChI=1S/C14H20ClNO2S/c1-3-6-14(13(17)18)7-8-16(9-14)10(2)11-4-5-12(15)19-11/h4-5,10H,3,6-9H2,1-2H3,(H,17,18). The van der Waals surface area contributed by atoms with E-state index in [4.69, 9.17) is 11.6 Å². The fourth-order valence-electron chi connectivity index (χ4n) is 2.93. The minimum atomic E-state index is -0.645. The van der Waals surface area contributed by atoms with E-state index >= 15 is 0 Å². The molecular formula is C14H20ClNO2S. The molecule has 0 aromatic carbocycles. The van der Waals surface area contributed by atoms with Gasteiger partial charge in [0, 0.05) is 17.5 Å². The van der Waals surface area contributed by atoms with Gasteiger partial charge in [0.25, 0.3) is 0 Å². The highest BCUT2D eigenvalue weighted by Gasteiger charge is 2.45.